The van der Waals surface area contributed by atoms with Crippen LogP contribution in [0.5, 0.6) is 11.5 Å². The average Bonchev–Trinajstić information content (AvgIpc) is 2.96. The maximum atomic E-state index is 11.9. The number of anilines is 1. The number of benzene rings is 2. The molecule has 2 aromatic carbocycles. The van der Waals surface area contributed by atoms with Crippen LogP contribution in [-0.2, 0) is 31.2 Å². The predicted octanol–water partition coefficient (Wildman–Crippen LogP) is 1.66. The minimum atomic E-state index is -0.231. The van der Waals surface area contributed by atoms with Crippen LogP contribution < -0.4 is 10.3 Å². The molecule has 1 aliphatic rings. The number of hydrogen-bond donors (Lipinski definition) is 3. The fourth-order valence-electron chi connectivity index (χ4n) is 2.91. The van der Waals surface area contributed by atoms with Gasteiger partial charge in [-0.1, -0.05) is 0 Å². The second-order valence-corrected chi connectivity index (χ2v) is 8.44. The monoisotopic (exact) mass is 523 g/mol. The molecule has 0 saturated carbocycles. The molecular weight excluding hydrogens is 509 g/mol. The Morgan fingerprint density at radius 1 is 1.12 bits per heavy atom. The normalized spacial score (nSPS) is 14.6. The number of nitrogens with one attached hydrogen (secondary N) is 1. The minimum absolute atomic E-state index is 0.0372. The molecule has 3 aromatic rings. The molecule has 121 valence electrons. The summed E-state index contributed by atoms with van der Waals surface area (Å²) in [5, 5.41) is 24.9. The number of hydrazone groups is 1. The number of amidine groups is 1. The summed E-state index contributed by atoms with van der Waals surface area (Å²) >= 11 is 0.466. The number of phenolic OH excluding ortho intramolecular Hbond substituents is 2. The van der Waals surface area contributed by atoms with Crippen LogP contribution >= 0.6 is 0 Å². The van der Waals surface area contributed by atoms with Crippen molar-refractivity contribution < 1.29 is 41.4 Å². The number of rotatable bonds is 2. The molecule has 0 aliphatic carbocycles. The summed E-state index contributed by atoms with van der Waals surface area (Å²) in [6.07, 6.45) is 2.06. The van der Waals surface area contributed by atoms with Crippen molar-refractivity contribution in [2.45, 2.75) is 0 Å². The van der Waals surface area contributed by atoms with Gasteiger partial charge in [0.1, 0.15) is 0 Å². The van der Waals surface area contributed by atoms with Gasteiger partial charge in [0.05, 0.1) is 0 Å². The Balaban J connectivity index is 1.82. The van der Waals surface area contributed by atoms with Crippen LogP contribution in [-0.4, -0.2) is 30.8 Å². The van der Waals surface area contributed by atoms with Gasteiger partial charge in [-0.25, -0.2) is 0 Å². The van der Waals surface area contributed by atoms with Crippen molar-refractivity contribution >= 4 is 28.3 Å². The van der Waals surface area contributed by atoms with Gasteiger partial charge >= 0.3 is 160 Å². The Kier molecular flexibility index (Phi) is 3.87. The molecule has 7 nitrogen and oxygen atoms in total. The molecule has 1 amide bonds. The SMILES string of the molecule is O=C1CN(c2ccc3c(cc[n]3[Hg])c2)C(c2ccc(O)cc2O)=NN1. The number of carbonyl (C=O) groups excluding carboxylic acids is 1. The van der Waals surface area contributed by atoms with Crippen LogP contribution in [0.2, 0.25) is 0 Å². The Labute approximate surface area is 159 Å². The Hall–Kier alpha value is -2.54. The van der Waals surface area contributed by atoms with Crippen LogP contribution in [0.3, 0.4) is 0 Å². The predicted molar refractivity (Wildman–Crippen MR) is 89.1 cm³/mol. The summed E-state index contributed by atoms with van der Waals surface area (Å²) in [4.78, 5) is 13.6. The average molecular weight is 522 g/mol. The van der Waals surface area contributed by atoms with Crippen molar-refractivity contribution in [3.05, 3.63) is 54.2 Å². The Morgan fingerprint density at radius 2 is 1.96 bits per heavy atom. The number of aromatic hydroxyl groups is 2. The third-order valence-electron chi connectivity index (χ3n) is 4.13. The fourth-order valence-corrected chi connectivity index (χ4v) is 4.44. The summed E-state index contributed by atoms with van der Waals surface area (Å²) in [6.45, 7) is 0.0930. The number of nitrogens with zero attached hydrogens (tertiary/aromatic N) is 3. The first-order chi connectivity index (χ1) is 12.0. The summed E-state index contributed by atoms with van der Waals surface area (Å²) in [5.41, 5.74) is 4.86. The first-order valence-corrected chi connectivity index (χ1v) is 10.1. The number of fused-ring (bicyclic) bond motifs is 1. The number of carbonyl (C=O) groups is 1. The quantitative estimate of drug-likeness (QED) is 0.448. The van der Waals surface area contributed by atoms with E-state index in [0.717, 1.165) is 11.1 Å². The second-order valence-electron chi connectivity index (χ2n) is 5.79. The van der Waals surface area contributed by atoms with Crippen molar-refractivity contribution in [2.75, 3.05) is 11.4 Å². The van der Waals surface area contributed by atoms with E-state index in [-0.39, 0.29) is 24.0 Å². The van der Waals surface area contributed by atoms with Crippen molar-refractivity contribution in [1.82, 2.24) is 7.76 Å². The van der Waals surface area contributed by atoms with E-state index in [2.05, 4.69) is 19.1 Å². The summed E-state index contributed by atoms with van der Waals surface area (Å²) < 4.78 is 2.21. The van der Waals surface area contributed by atoms with Crippen LogP contribution in [0.1, 0.15) is 5.56 Å². The molecule has 25 heavy (non-hydrogen) atoms. The van der Waals surface area contributed by atoms with E-state index in [4.69, 9.17) is 0 Å². The van der Waals surface area contributed by atoms with Crippen LogP contribution in [0.4, 0.5) is 5.69 Å². The molecule has 0 unspecified atom stereocenters. The Bertz CT molecular complexity index is 1030. The van der Waals surface area contributed by atoms with Gasteiger partial charge in [-0.15, -0.1) is 0 Å². The number of aromatic nitrogens is 1. The van der Waals surface area contributed by atoms with Gasteiger partial charge in [0.2, 0.25) is 0 Å². The van der Waals surface area contributed by atoms with Crippen LogP contribution in [0.25, 0.3) is 10.9 Å². The van der Waals surface area contributed by atoms with Crippen molar-refractivity contribution in [3.8, 4) is 11.5 Å². The van der Waals surface area contributed by atoms with E-state index in [1.165, 1.54) is 17.6 Å². The molecule has 0 atom stereocenters. The van der Waals surface area contributed by atoms with E-state index >= 15 is 0 Å². The van der Waals surface area contributed by atoms with Crippen molar-refractivity contribution in [2.24, 2.45) is 5.10 Å². The maximum absolute atomic E-state index is 11.9. The molecular formula is C17H13HgN4O3. The van der Waals surface area contributed by atoms with Gasteiger partial charge in [-0.2, -0.15) is 0 Å². The molecule has 3 N–H and O–H groups in total. The van der Waals surface area contributed by atoms with E-state index in [0.29, 0.717) is 37.8 Å². The zero-order valence-corrected chi connectivity index (χ0v) is 18.7. The first-order valence-electron chi connectivity index (χ1n) is 7.61. The summed E-state index contributed by atoms with van der Waals surface area (Å²) in [5.74, 6) is 0.0509. The molecule has 1 aliphatic heterocycles. The molecule has 1 aromatic heterocycles. The molecule has 4 rings (SSSR count). The van der Waals surface area contributed by atoms with E-state index in [1.54, 1.807) is 11.0 Å². The van der Waals surface area contributed by atoms with Gasteiger partial charge in [-0.05, 0) is 0 Å². The van der Waals surface area contributed by atoms with E-state index in [1.807, 2.05) is 24.3 Å². The van der Waals surface area contributed by atoms with E-state index in [9.17, 15) is 15.0 Å². The molecule has 0 bridgehead atoms. The second kappa shape index (κ2) is 6.07. The summed E-state index contributed by atoms with van der Waals surface area (Å²) in [7, 11) is 0. The third-order valence-corrected chi connectivity index (χ3v) is 6.28. The van der Waals surface area contributed by atoms with E-state index < -0.39 is 0 Å². The first kappa shape index (κ1) is 16.0. The number of phenols is 2. The van der Waals surface area contributed by atoms with Gasteiger partial charge in [0.15, 0.2) is 0 Å². The van der Waals surface area contributed by atoms with Gasteiger partial charge in [-0.3, -0.25) is 0 Å². The van der Waals surface area contributed by atoms with Gasteiger partial charge < -0.3 is 0 Å². The zero-order chi connectivity index (χ0) is 17.6. The molecule has 2 heterocycles. The van der Waals surface area contributed by atoms with Gasteiger partial charge in [0.25, 0.3) is 0 Å². The topological polar surface area (TPSA) is 90.1 Å². The van der Waals surface area contributed by atoms with Crippen LogP contribution in [0.15, 0.2) is 53.8 Å². The molecule has 0 spiro atoms. The molecule has 0 radical (unpaired) electrons. The molecule has 0 saturated heterocycles. The summed E-state index contributed by atoms with van der Waals surface area (Å²) in [6, 6.07) is 12.3. The van der Waals surface area contributed by atoms with Crippen molar-refractivity contribution in [3.63, 3.8) is 0 Å². The van der Waals surface area contributed by atoms with Crippen molar-refractivity contribution in [1.29, 1.82) is 0 Å². The molecule has 8 heteroatoms. The third kappa shape index (κ3) is 2.84. The van der Waals surface area contributed by atoms with Gasteiger partial charge in [0, 0.05) is 0 Å². The standard InChI is InChI=1S/C17H13N4O3.Hg/c22-12-2-3-13(15(23)8-12)17-20-19-16(24)9-21(17)11-1-4-14-10(7-11)5-6-18-14;/h1-8H,9H2,(H,19,24)(H2,20,22,23);/q-1;+1. The zero-order valence-electron chi connectivity index (χ0n) is 13.2. The number of hydrogen-bond acceptors (Lipinski definition) is 5. The molecule has 0 fully saturated rings. The number of amides is 1. The Morgan fingerprint density at radius 3 is 2.76 bits per heavy atom. The van der Waals surface area contributed by atoms with Crippen LogP contribution in [0, 0.1) is 0 Å². The fraction of sp³-hybridized carbons (Fsp3) is 0.0588.